The number of nitrogens with one attached hydrogen (secondary N) is 3. The van der Waals surface area contributed by atoms with Gasteiger partial charge in [-0.25, -0.2) is 13.1 Å². The number of likely N-dealkylation sites (tertiary alicyclic amines) is 1. The van der Waals surface area contributed by atoms with E-state index in [2.05, 4.69) is 32.2 Å². The van der Waals surface area contributed by atoms with Gasteiger partial charge in [0.25, 0.3) is 0 Å². The number of sulfonamides is 1. The molecule has 1 saturated heterocycles. The van der Waals surface area contributed by atoms with E-state index < -0.39 is 15.6 Å². The lowest BCUT2D eigenvalue weighted by molar-refractivity contribution is 0.147. The first-order valence-corrected chi connectivity index (χ1v) is 10.7. The average molecular weight is 362 g/mol. The third kappa shape index (κ3) is 8.30. The van der Waals surface area contributed by atoms with Gasteiger partial charge in [0, 0.05) is 38.3 Å². The summed E-state index contributed by atoms with van der Waals surface area (Å²) in [5, 5.41) is 6.51. The van der Waals surface area contributed by atoms with Crippen LogP contribution in [0.5, 0.6) is 0 Å². The van der Waals surface area contributed by atoms with Crippen molar-refractivity contribution >= 4 is 16.0 Å². The fourth-order valence-corrected chi connectivity index (χ4v) is 4.27. The van der Waals surface area contributed by atoms with E-state index >= 15 is 0 Å². The molecular weight excluding hydrogens is 326 g/mol. The summed E-state index contributed by atoms with van der Waals surface area (Å²) in [6, 6.07) is 0.702. The third-order valence-electron chi connectivity index (χ3n) is 4.29. The van der Waals surface area contributed by atoms with Crippen molar-refractivity contribution in [2.45, 2.75) is 58.0 Å². The zero-order chi connectivity index (χ0) is 18.2. The summed E-state index contributed by atoms with van der Waals surface area (Å²) in [6.07, 6.45) is 6.31. The Morgan fingerprint density at radius 1 is 1.29 bits per heavy atom. The second-order valence-electron chi connectivity index (χ2n) is 7.20. The summed E-state index contributed by atoms with van der Waals surface area (Å²) >= 11 is 0. The SMILES string of the molecule is CCC1CCCCN1CCNC(=NC)NCC(C)(C)NS(C)(=O)=O. The van der Waals surface area contributed by atoms with Crippen molar-refractivity contribution in [3.63, 3.8) is 0 Å². The molecule has 3 N–H and O–H groups in total. The molecule has 142 valence electrons. The van der Waals surface area contributed by atoms with Crippen molar-refractivity contribution in [1.82, 2.24) is 20.3 Å². The molecule has 1 aliphatic heterocycles. The van der Waals surface area contributed by atoms with E-state index in [1.54, 1.807) is 7.05 Å². The molecule has 24 heavy (non-hydrogen) atoms. The average Bonchev–Trinajstić information content (AvgIpc) is 2.48. The minimum absolute atomic E-state index is 0.459. The van der Waals surface area contributed by atoms with E-state index in [1.807, 2.05) is 13.8 Å². The molecule has 0 aromatic carbocycles. The number of guanidine groups is 1. The minimum Gasteiger partial charge on any atom is -0.355 e. The predicted octanol–water partition coefficient (Wildman–Crippen LogP) is 0.744. The van der Waals surface area contributed by atoms with Gasteiger partial charge in [0.15, 0.2) is 5.96 Å². The first-order valence-electron chi connectivity index (χ1n) is 8.84. The van der Waals surface area contributed by atoms with Crippen LogP contribution in [0.25, 0.3) is 0 Å². The molecule has 0 aliphatic carbocycles. The van der Waals surface area contributed by atoms with E-state index in [9.17, 15) is 8.42 Å². The van der Waals surface area contributed by atoms with E-state index in [0.717, 1.165) is 13.1 Å². The van der Waals surface area contributed by atoms with E-state index in [4.69, 9.17) is 0 Å². The van der Waals surface area contributed by atoms with Crippen LogP contribution in [0, 0.1) is 0 Å². The molecule has 1 aliphatic rings. The fourth-order valence-electron chi connectivity index (χ4n) is 3.20. The highest BCUT2D eigenvalue weighted by Gasteiger charge is 2.23. The second kappa shape index (κ2) is 9.58. The lowest BCUT2D eigenvalue weighted by atomic mass is 10.0. The van der Waals surface area contributed by atoms with Crippen LogP contribution in [0.1, 0.15) is 46.5 Å². The van der Waals surface area contributed by atoms with Crippen LogP contribution < -0.4 is 15.4 Å². The van der Waals surface area contributed by atoms with Gasteiger partial charge < -0.3 is 10.6 Å². The van der Waals surface area contributed by atoms with Gasteiger partial charge in [0.1, 0.15) is 0 Å². The van der Waals surface area contributed by atoms with Gasteiger partial charge in [-0.2, -0.15) is 0 Å². The summed E-state index contributed by atoms with van der Waals surface area (Å²) in [7, 11) is -1.51. The van der Waals surface area contributed by atoms with Crippen LogP contribution in [0.2, 0.25) is 0 Å². The lowest BCUT2D eigenvalue weighted by Gasteiger charge is -2.35. The molecular formula is C16H35N5O2S. The molecule has 0 bridgehead atoms. The summed E-state index contributed by atoms with van der Waals surface area (Å²) in [5.74, 6) is 0.698. The molecule has 0 saturated carbocycles. The Kier molecular flexibility index (Phi) is 8.45. The van der Waals surface area contributed by atoms with Crippen LogP contribution in [0.3, 0.4) is 0 Å². The maximum absolute atomic E-state index is 11.4. The fraction of sp³-hybridized carbons (Fsp3) is 0.938. The van der Waals surface area contributed by atoms with Gasteiger partial charge in [-0.05, 0) is 39.7 Å². The molecule has 1 rings (SSSR count). The Morgan fingerprint density at radius 3 is 2.58 bits per heavy atom. The van der Waals surface area contributed by atoms with Gasteiger partial charge in [-0.3, -0.25) is 9.89 Å². The van der Waals surface area contributed by atoms with Crippen LogP contribution in [0.15, 0.2) is 4.99 Å². The number of hydrogen-bond acceptors (Lipinski definition) is 4. The summed E-state index contributed by atoms with van der Waals surface area (Å²) in [4.78, 5) is 6.76. The second-order valence-corrected chi connectivity index (χ2v) is 8.95. The number of aliphatic imine (C=N–C) groups is 1. The van der Waals surface area contributed by atoms with Gasteiger partial charge in [0.05, 0.1) is 6.26 Å². The predicted molar refractivity (Wildman–Crippen MR) is 101 cm³/mol. The monoisotopic (exact) mass is 361 g/mol. The number of rotatable bonds is 8. The van der Waals surface area contributed by atoms with E-state index in [-0.39, 0.29) is 0 Å². The van der Waals surface area contributed by atoms with Gasteiger partial charge in [-0.1, -0.05) is 13.3 Å². The molecule has 7 nitrogen and oxygen atoms in total. The van der Waals surface area contributed by atoms with Crippen LogP contribution in [0.4, 0.5) is 0 Å². The first-order chi connectivity index (χ1) is 11.2. The molecule has 0 spiro atoms. The van der Waals surface area contributed by atoms with Crippen LogP contribution in [-0.2, 0) is 10.0 Å². The smallest absolute Gasteiger partial charge is 0.209 e. The Morgan fingerprint density at radius 2 is 2.00 bits per heavy atom. The highest BCUT2D eigenvalue weighted by molar-refractivity contribution is 7.88. The summed E-state index contributed by atoms with van der Waals surface area (Å²) in [5.41, 5.74) is -0.578. The molecule has 1 heterocycles. The van der Waals surface area contributed by atoms with E-state index in [0.29, 0.717) is 18.5 Å². The van der Waals surface area contributed by atoms with Crippen LogP contribution >= 0.6 is 0 Å². The molecule has 0 radical (unpaired) electrons. The summed E-state index contributed by atoms with van der Waals surface area (Å²) < 4.78 is 25.4. The van der Waals surface area contributed by atoms with E-state index in [1.165, 1.54) is 38.5 Å². The molecule has 1 fully saturated rings. The van der Waals surface area contributed by atoms with Crippen molar-refractivity contribution in [1.29, 1.82) is 0 Å². The maximum Gasteiger partial charge on any atom is 0.209 e. The van der Waals surface area contributed by atoms with Gasteiger partial charge >= 0.3 is 0 Å². The Hall–Kier alpha value is -0.860. The van der Waals surface area contributed by atoms with Gasteiger partial charge in [-0.15, -0.1) is 0 Å². The Bertz CT molecular complexity index is 505. The maximum atomic E-state index is 11.4. The minimum atomic E-state index is -3.23. The highest BCUT2D eigenvalue weighted by atomic mass is 32.2. The molecule has 0 amide bonds. The lowest BCUT2D eigenvalue weighted by Crippen LogP contribution is -2.53. The molecule has 0 aromatic heterocycles. The molecule has 1 atom stereocenters. The van der Waals surface area contributed by atoms with Crippen molar-refractivity contribution in [3.8, 4) is 0 Å². The number of hydrogen-bond donors (Lipinski definition) is 3. The molecule has 1 unspecified atom stereocenters. The zero-order valence-electron chi connectivity index (χ0n) is 15.9. The third-order valence-corrected chi connectivity index (χ3v) is 5.22. The largest absolute Gasteiger partial charge is 0.355 e. The standard InChI is InChI=1S/C16H35N5O2S/c1-6-14-9-7-8-11-21(14)12-10-18-15(17-4)19-13-16(2,3)20-24(5,22)23/h14,20H,6-13H2,1-5H3,(H2,17,18,19). The zero-order valence-corrected chi connectivity index (χ0v) is 16.7. The van der Waals surface area contributed by atoms with Crippen molar-refractivity contribution in [2.75, 3.05) is 39.5 Å². The van der Waals surface area contributed by atoms with Crippen molar-refractivity contribution in [2.24, 2.45) is 4.99 Å². The number of nitrogens with zero attached hydrogens (tertiary/aromatic N) is 2. The molecule has 0 aromatic rings. The van der Waals surface area contributed by atoms with Crippen molar-refractivity contribution < 1.29 is 8.42 Å². The quantitative estimate of drug-likeness (QED) is 0.439. The highest BCUT2D eigenvalue weighted by Crippen LogP contribution is 2.18. The Labute approximate surface area is 147 Å². The normalized spacial score (nSPS) is 20.9. The van der Waals surface area contributed by atoms with Gasteiger partial charge in [0.2, 0.25) is 10.0 Å². The number of piperidine rings is 1. The molecule has 8 heteroatoms. The topological polar surface area (TPSA) is 85.8 Å². The van der Waals surface area contributed by atoms with Crippen LogP contribution in [-0.4, -0.2) is 70.3 Å². The first kappa shape index (κ1) is 21.2. The van der Waals surface area contributed by atoms with Crippen molar-refractivity contribution in [3.05, 3.63) is 0 Å². The summed E-state index contributed by atoms with van der Waals surface area (Å²) in [6.45, 7) is 9.41. The Balaban J connectivity index is 2.37.